The molecule has 0 aliphatic carbocycles. The molecule has 0 aliphatic rings. The molecule has 1 atom stereocenters. The fourth-order valence-electron chi connectivity index (χ4n) is 2.34. The third-order valence-corrected chi connectivity index (χ3v) is 3.43. The fraction of sp³-hybridized carbons (Fsp3) is 0.529. The second kappa shape index (κ2) is 8.15. The normalized spacial score (nSPS) is 12.8. The van der Waals surface area contributed by atoms with Gasteiger partial charge in [0.1, 0.15) is 0 Å². The van der Waals surface area contributed by atoms with Gasteiger partial charge in [0.2, 0.25) is 5.91 Å². The molecular formula is C17H23F2NO3. The number of rotatable bonds is 8. The van der Waals surface area contributed by atoms with Crippen molar-refractivity contribution in [3.63, 3.8) is 0 Å². The monoisotopic (exact) mass is 327 g/mol. The molecule has 4 nitrogen and oxygen atoms in total. The van der Waals surface area contributed by atoms with Crippen LogP contribution in [0.2, 0.25) is 0 Å². The third kappa shape index (κ3) is 6.86. The molecule has 1 rings (SSSR count). The minimum absolute atomic E-state index is 0.0252. The van der Waals surface area contributed by atoms with E-state index in [0.717, 1.165) is 12.1 Å². The molecule has 1 aromatic rings. The van der Waals surface area contributed by atoms with Crippen molar-refractivity contribution in [2.24, 2.45) is 5.41 Å². The summed E-state index contributed by atoms with van der Waals surface area (Å²) in [4.78, 5) is 23.6. The van der Waals surface area contributed by atoms with Crippen molar-refractivity contribution in [1.82, 2.24) is 5.32 Å². The number of hydrogen-bond acceptors (Lipinski definition) is 3. The van der Waals surface area contributed by atoms with E-state index in [9.17, 15) is 23.5 Å². The zero-order valence-electron chi connectivity index (χ0n) is 13.7. The molecule has 0 saturated carbocycles. The van der Waals surface area contributed by atoms with Crippen LogP contribution in [0, 0.1) is 17.0 Å². The Morgan fingerprint density at radius 2 is 1.87 bits per heavy atom. The summed E-state index contributed by atoms with van der Waals surface area (Å²) in [6, 6.07) is 2.92. The Labute approximate surface area is 134 Å². The second-order valence-electron chi connectivity index (χ2n) is 6.55. The lowest BCUT2D eigenvalue weighted by molar-refractivity contribution is -0.121. The highest BCUT2D eigenvalue weighted by atomic mass is 19.2. The summed E-state index contributed by atoms with van der Waals surface area (Å²) in [5.41, 5.74) is -0.209. The largest absolute Gasteiger partial charge is 0.393 e. The van der Waals surface area contributed by atoms with Gasteiger partial charge in [-0.15, -0.1) is 0 Å². The highest BCUT2D eigenvalue weighted by Gasteiger charge is 2.21. The minimum Gasteiger partial charge on any atom is -0.393 e. The highest BCUT2D eigenvalue weighted by Crippen LogP contribution is 2.21. The van der Waals surface area contributed by atoms with Crippen molar-refractivity contribution in [1.29, 1.82) is 0 Å². The molecule has 0 heterocycles. The van der Waals surface area contributed by atoms with Crippen LogP contribution in [0.25, 0.3) is 0 Å². The molecule has 2 N–H and O–H groups in total. The minimum atomic E-state index is -1.08. The fourth-order valence-corrected chi connectivity index (χ4v) is 2.34. The van der Waals surface area contributed by atoms with Gasteiger partial charge in [-0.25, -0.2) is 8.78 Å². The lowest BCUT2D eigenvalue weighted by atomic mass is 9.87. The Bertz CT molecular complexity index is 571. The molecule has 0 aromatic heterocycles. The first kappa shape index (κ1) is 19.2. The first-order valence-electron chi connectivity index (χ1n) is 7.54. The second-order valence-corrected chi connectivity index (χ2v) is 6.55. The quantitative estimate of drug-likeness (QED) is 0.722. The van der Waals surface area contributed by atoms with Crippen molar-refractivity contribution in [3.8, 4) is 0 Å². The first-order chi connectivity index (χ1) is 10.6. The molecule has 0 saturated heterocycles. The van der Waals surface area contributed by atoms with Gasteiger partial charge in [-0.1, -0.05) is 13.8 Å². The van der Waals surface area contributed by atoms with Gasteiger partial charge in [0.15, 0.2) is 17.4 Å². The van der Waals surface area contributed by atoms with E-state index in [0.29, 0.717) is 13.0 Å². The molecule has 0 radical (unpaired) electrons. The summed E-state index contributed by atoms with van der Waals surface area (Å²) in [7, 11) is 0. The van der Waals surface area contributed by atoms with Crippen molar-refractivity contribution in [2.45, 2.75) is 46.1 Å². The van der Waals surface area contributed by atoms with E-state index < -0.39 is 23.5 Å². The van der Waals surface area contributed by atoms with E-state index in [1.54, 1.807) is 6.92 Å². The van der Waals surface area contributed by atoms with Gasteiger partial charge >= 0.3 is 0 Å². The lowest BCUT2D eigenvalue weighted by Crippen LogP contribution is -2.35. The van der Waals surface area contributed by atoms with Gasteiger partial charge in [-0.3, -0.25) is 9.59 Å². The molecule has 0 spiro atoms. The van der Waals surface area contributed by atoms with Crippen molar-refractivity contribution in [3.05, 3.63) is 35.4 Å². The molecule has 23 heavy (non-hydrogen) atoms. The van der Waals surface area contributed by atoms with Crippen LogP contribution in [0.4, 0.5) is 8.78 Å². The number of halogens is 2. The Kier molecular flexibility index (Phi) is 6.81. The molecule has 128 valence electrons. The number of hydrogen-bond donors (Lipinski definition) is 2. The van der Waals surface area contributed by atoms with Gasteiger partial charge in [0.25, 0.3) is 0 Å². The van der Waals surface area contributed by atoms with Gasteiger partial charge in [0, 0.05) is 24.9 Å². The molecule has 0 aliphatic heterocycles. The number of carbonyl (C=O) groups is 2. The molecule has 1 amide bonds. The van der Waals surface area contributed by atoms with E-state index in [1.807, 2.05) is 13.8 Å². The zero-order chi connectivity index (χ0) is 17.6. The Morgan fingerprint density at radius 3 is 2.43 bits per heavy atom. The van der Waals surface area contributed by atoms with Crippen LogP contribution in [-0.2, 0) is 4.79 Å². The van der Waals surface area contributed by atoms with Crippen LogP contribution < -0.4 is 5.32 Å². The number of ketones is 1. The number of benzene rings is 1. The lowest BCUT2D eigenvalue weighted by Gasteiger charge is -2.26. The summed E-state index contributed by atoms with van der Waals surface area (Å²) in [5.74, 6) is -2.80. The van der Waals surface area contributed by atoms with E-state index >= 15 is 0 Å². The summed E-state index contributed by atoms with van der Waals surface area (Å²) >= 11 is 0. The summed E-state index contributed by atoms with van der Waals surface area (Å²) < 4.78 is 25.9. The number of nitrogens with one attached hydrogen (secondary N) is 1. The Balaban J connectivity index is 2.43. The van der Waals surface area contributed by atoms with Crippen LogP contribution in [0.3, 0.4) is 0 Å². The Morgan fingerprint density at radius 1 is 1.22 bits per heavy atom. The van der Waals surface area contributed by atoms with Crippen LogP contribution in [0.15, 0.2) is 18.2 Å². The van der Waals surface area contributed by atoms with Gasteiger partial charge in [-0.2, -0.15) is 0 Å². The van der Waals surface area contributed by atoms with Gasteiger partial charge in [-0.05, 0) is 37.0 Å². The molecule has 0 fully saturated rings. The third-order valence-electron chi connectivity index (χ3n) is 3.43. The number of aliphatic hydroxyl groups excluding tert-OH is 1. The molecule has 1 aromatic carbocycles. The van der Waals surface area contributed by atoms with E-state index in [1.165, 1.54) is 6.07 Å². The predicted molar refractivity (Wildman–Crippen MR) is 83.0 cm³/mol. The van der Waals surface area contributed by atoms with Gasteiger partial charge in [0.05, 0.1) is 6.10 Å². The number of amides is 1. The van der Waals surface area contributed by atoms with Crippen LogP contribution in [0.5, 0.6) is 0 Å². The average molecular weight is 327 g/mol. The SMILES string of the molecule is CC(O)CC(C)(C)CNC(=O)CCC(=O)c1ccc(F)c(F)c1. The smallest absolute Gasteiger partial charge is 0.220 e. The van der Waals surface area contributed by atoms with Crippen molar-refractivity contribution in [2.75, 3.05) is 6.54 Å². The molecule has 1 unspecified atom stereocenters. The van der Waals surface area contributed by atoms with E-state index in [-0.39, 0.29) is 29.7 Å². The molecule has 6 heteroatoms. The number of aliphatic hydroxyl groups is 1. The summed E-state index contributed by atoms with van der Waals surface area (Å²) in [6.45, 7) is 5.92. The Hall–Kier alpha value is -1.82. The number of carbonyl (C=O) groups excluding carboxylic acids is 2. The predicted octanol–water partition coefficient (Wildman–Crippen LogP) is 2.84. The average Bonchev–Trinajstić information content (AvgIpc) is 2.44. The maximum Gasteiger partial charge on any atom is 0.220 e. The maximum absolute atomic E-state index is 13.1. The van der Waals surface area contributed by atoms with Crippen LogP contribution in [0.1, 0.15) is 50.4 Å². The van der Waals surface area contributed by atoms with Crippen molar-refractivity contribution >= 4 is 11.7 Å². The van der Waals surface area contributed by atoms with Crippen LogP contribution >= 0.6 is 0 Å². The molecule has 0 bridgehead atoms. The maximum atomic E-state index is 13.1. The summed E-state index contributed by atoms with van der Waals surface area (Å²) in [5, 5.41) is 12.1. The molecular weight excluding hydrogens is 304 g/mol. The van der Waals surface area contributed by atoms with Crippen LogP contribution in [-0.4, -0.2) is 29.4 Å². The van der Waals surface area contributed by atoms with E-state index in [2.05, 4.69) is 5.32 Å². The topological polar surface area (TPSA) is 66.4 Å². The summed E-state index contributed by atoms with van der Waals surface area (Å²) in [6.07, 6.45) is -0.0194. The van der Waals surface area contributed by atoms with Crippen molar-refractivity contribution < 1.29 is 23.5 Å². The number of Topliss-reactive ketones (excluding diaryl/α,β-unsaturated/α-hetero) is 1. The van der Waals surface area contributed by atoms with Gasteiger partial charge < -0.3 is 10.4 Å². The first-order valence-corrected chi connectivity index (χ1v) is 7.54. The zero-order valence-corrected chi connectivity index (χ0v) is 13.7. The standard InChI is InChI=1S/C17H23F2NO3/c1-11(21)9-17(2,3)10-20-16(23)7-6-15(22)12-4-5-13(18)14(19)8-12/h4-5,8,11,21H,6-7,9-10H2,1-3H3,(H,20,23). The van der Waals surface area contributed by atoms with E-state index in [4.69, 9.17) is 0 Å². The highest BCUT2D eigenvalue weighted by molar-refractivity contribution is 5.97.